The predicted octanol–water partition coefficient (Wildman–Crippen LogP) is 2.99. The molecule has 152 valence electrons. The molecular formula is C22H24ClN3O3. The number of nitrogens with two attached hydrogens (primary N) is 1. The number of rotatable bonds is 5. The average Bonchev–Trinajstić information content (AvgIpc) is 3.50. The molecule has 1 heterocycles. The number of halogens is 1. The first-order chi connectivity index (χ1) is 13.4. The van der Waals surface area contributed by atoms with Gasteiger partial charge >= 0.3 is 0 Å². The summed E-state index contributed by atoms with van der Waals surface area (Å²) >= 11 is 0. The van der Waals surface area contributed by atoms with Crippen molar-refractivity contribution in [3.63, 3.8) is 0 Å². The van der Waals surface area contributed by atoms with Gasteiger partial charge in [0.15, 0.2) is 0 Å². The van der Waals surface area contributed by atoms with Crippen molar-refractivity contribution in [2.75, 3.05) is 11.4 Å². The van der Waals surface area contributed by atoms with Crippen LogP contribution >= 0.6 is 12.4 Å². The Kier molecular flexibility index (Phi) is 5.78. The fraction of sp³-hybridized carbons (Fsp3) is 0.318. The molecule has 4 rings (SSSR count). The molecule has 0 spiro atoms. The molecular weight excluding hydrogens is 390 g/mol. The van der Waals surface area contributed by atoms with Gasteiger partial charge in [0.25, 0.3) is 17.7 Å². The van der Waals surface area contributed by atoms with Crippen molar-refractivity contribution in [2.24, 2.45) is 11.7 Å². The third-order valence-corrected chi connectivity index (χ3v) is 5.48. The first kappa shape index (κ1) is 21.0. The number of aryl methyl sites for hydroxylation is 2. The van der Waals surface area contributed by atoms with Gasteiger partial charge < -0.3 is 11.1 Å². The molecule has 2 aliphatic rings. The topological polar surface area (TPSA) is 92.5 Å². The molecule has 7 heteroatoms. The monoisotopic (exact) mass is 413 g/mol. The maximum absolute atomic E-state index is 13.0. The van der Waals surface area contributed by atoms with E-state index in [4.69, 9.17) is 5.73 Å². The maximum Gasteiger partial charge on any atom is 0.266 e. The molecule has 29 heavy (non-hydrogen) atoms. The van der Waals surface area contributed by atoms with Gasteiger partial charge in [-0.15, -0.1) is 12.4 Å². The number of anilines is 1. The fourth-order valence-electron chi connectivity index (χ4n) is 3.56. The second kappa shape index (κ2) is 7.97. The van der Waals surface area contributed by atoms with E-state index in [-0.39, 0.29) is 35.8 Å². The standard InChI is InChI=1S/C22H23N3O3.ClH/c1-12-3-4-13(2)19(9-12)25-21(27)16-8-7-15(10-17(16)22(25)28)20(26)24-11-18(23)14-5-6-14;/h3-4,7-10,14,18H,5-6,11,23H2,1-2H3,(H,24,26);1H. The molecule has 0 saturated heterocycles. The van der Waals surface area contributed by atoms with E-state index < -0.39 is 5.91 Å². The molecule has 3 amide bonds. The summed E-state index contributed by atoms with van der Waals surface area (Å²) < 4.78 is 0. The highest BCUT2D eigenvalue weighted by Gasteiger charge is 2.38. The maximum atomic E-state index is 13.0. The van der Waals surface area contributed by atoms with Gasteiger partial charge in [0.05, 0.1) is 16.8 Å². The highest BCUT2D eigenvalue weighted by molar-refractivity contribution is 6.35. The van der Waals surface area contributed by atoms with Crippen LogP contribution in [0.5, 0.6) is 0 Å². The summed E-state index contributed by atoms with van der Waals surface area (Å²) in [6.45, 7) is 4.18. The molecule has 0 bridgehead atoms. The van der Waals surface area contributed by atoms with Gasteiger partial charge in [-0.25, -0.2) is 4.90 Å². The number of hydrogen-bond donors (Lipinski definition) is 2. The number of nitrogens with one attached hydrogen (secondary N) is 1. The minimum absolute atomic E-state index is 0. The van der Waals surface area contributed by atoms with Crippen molar-refractivity contribution >= 4 is 35.8 Å². The summed E-state index contributed by atoms with van der Waals surface area (Å²) in [4.78, 5) is 39.4. The number of imide groups is 1. The normalized spacial score (nSPS) is 16.3. The van der Waals surface area contributed by atoms with Crippen molar-refractivity contribution in [2.45, 2.75) is 32.7 Å². The van der Waals surface area contributed by atoms with Crippen LogP contribution in [0.15, 0.2) is 36.4 Å². The number of amides is 3. The van der Waals surface area contributed by atoms with Crippen molar-refractivity contribution < 1.29 is 14.4 Å². The Balaban J connectivity index is 0.00000240. The van der Waals surface area contributed by atoms with Crippen LogP contribution in [0, 0.1) is 19.8 Å². The smallest absolute Gasteiger partial charge is 0.266 e. The van der Waals surface area contributed by atoms with Crippen LogP contribution in [0.3, 0.4) is 0 Å². The SMILES string of the molecule is Cc1ccc(C)c(N2C(=O)c3ccc(C(=O)NCC(N)C4CC4)cc3C2=O)c1.Cl. The number of carbonyl (C=O) groups excluding carboxylic acids is 3. The quantitative estimate of drug-likeness (QED) is 0.737. The summed E-state index contributed by atoms with van der Waals surface area (Å²) in [5.41, 5.74) is 9.33. The van der Waals surface area contributed by atoms with Crippen molar-refractivity contribution in [3.05, 3.63) is 64.2 Å². The molecule has 2 aromatic carbocycles. The van der Waals surface area contributed by atoms with Crippen LogP contribution in [0.2, 0.25) is 0 Å². The first-order valence-corrected chi connectivity index (χ1v) is 9.50. The van der Waals surface area contributed by atoms with Crippen LogP contribution in [0.25, 0.3) is 0 Å². The molecule has 0 aromatic heterocycles. The Morgan fingerprint density at radius 2 is 1.79 bits per heavy atom. The molecule has 1 unspecified atom stereocenters. The van der Waals surface area contributed by atoms with Crippen LogP contribution < -0.4 is 16.0 Å². The van der Waals surface area contributed by atoms with E-state index in [1.165, 1.54) is 11.0 Å². The molecule has 0 radical (unpaired) electrons. The molecule has 1 aliphatic heterocycles. The van der Waals surface area contributed by atoms with E-state index in [1.807, 2.05) is 32.0 Å². The minimum atomic E-state index is -0.405. The van der Waals surface area contributed by atoms with E-state index in [0.717, 1.165) is 24.0 Å². The lowest BCUT2D eigenvalue weighted by molar-refractivity contribution is 0.0923. The summed E-state index contributed by atoms with van der Waals surface area (Å²) in [6.07, 6.45) is 2.22. The van der Waals surface area contributed by atoms with E-state index in [9.17, 15) is 14.4 Å². The molecule has 1 aliphatic carbocycles. The Hall–Kier alpha value is -2.70. The van der Waals surface area contributed by atoms with Gasteiger partial charge in [0, 0.05) is 18.2 Å². The van der Waals surface area contributed by atoms with E-state index in [2.05, 4.69) is 5.32 Å². The lowest BCUT2D eigenvalue weighted by Crippen LogP contribution is -2.38. The van der Waals surface area contributed by atoms with Crippen molar-refractivity contribution in [1.82, 2.24) is 5.32 Å². The van der Waals surface area contributed by atoms with Crippen LogP contribution in [0.1, 0.15) is 55.0 Å². The summed E-state index contributed by atoms with van der Waals surface area (Å²) in [7, 11) is 0. The summed E-state index contributed by atoms with van der Waals surface area (Å²) in [5.74, 6) is -0.565. The predicted molar refractivity (Wildman–Crippen MR) is 114 cm³/mol. The Bertz CT molecular complexity index is 1000. The highest BCUT2D eigenvalue weighted by Crippen LogP contribution is 2.32. The van der Waals surface area contributed by atoms with Crippen molar-refractivity contribution in [1.29, 1.82) is 0 Å². The molecule has 1 saturated carbocycles. The lowest BCUT2D eigenvalue weighted by Gasteiger charge is -2.17. The van der Waals surface area contributed by atoms with Crippen molar-refractivity contribution in [3.8, 4) is 0 Å². The van der Waals surface area contributed by atoms with Crippen LogP contribution in [0.4, 0.5) is 5.69 Å². The summed E-state index contributed by atoms with van der Waals surface area (Å²) in [5, 5.41) is 2.82. The van der Waals surface area contributed by atoms with Gasteiger partial charge in [-0.1, -0.05) is 12.1 Å². The number of benzene rings is 2. The zero-order chi connectivity index (χ0) is 20.0. The van der Waals surface area contributed by atoms with E-state index in [0.29, 0.717) is 29.3 Å². The Morgan fingerprint density at radius 3 is 2.48 bits per heavy atom. The van der Waals surface area contributed by atoms with E-state index in [1.54, 1.807) is 12.1 Å². The van der Waals surface area contributed by atoms with Gasteiger partial charge in [-0.3, -0.25) is 14.4 Å². The average molecular weight is 414 g/mol. The molecule has 2 aromatic rings. The Morgan fingerprint density at radius 1 is 1.10 bits per heavy atom. The highest BCUT2D eigenvalue weighted by atomic mass is 35.5. The number of carbonyl (C=O) groups is 3. The number of hydrogen-bond acceptors (Lipinski definition) is 4. The zero-order valence-electron chi connectivity index (χ0n) is 16.4. The zero-order valence-corrected chi connectivity index (χ0v) is 17.2. The second-order valence-corrected chi connectivity index (χ2v) is 7.71. The van der Waals surface area contributed by atoms with Gasteiger partial charge in [-0.2, -0.15) is 0 Å². The largest absolute Gasteiger partial charge is 0.350 e. The Labute approximate surface area is 175 Å². The second-order valence-electron chi connectivity index (χ2n) is 7.71. The van der Waals surface area contributed by atoms with Crippen LogP contribution in [-0.2, 0) is 0 Å². The lowest BCUT2D eigenvalue weighted by atomic mass is 10.1. The third-order valence-electron chi connectivity index (χ3n) is 5.48. The van der Waals surface area contributed by atoms with E-state index >= 15 is 0 Å². The fourth-order valence-corrected chi connectivity index (χ4v) is 3.56. The van der Waals surface area contributed by atoms with Gasteiger partial charge in [-0.05, 0) is 68.0 Å². The number of nitrogens with zero attached hydrogens (tertiary/aromatic N) is 1. The molecule has 6 nitrogen and oxygen atoms in total. The van der Waals surface area contributed by atoms with Crippen LogP contribution in [-0.4, -0.2) is 30.3 Å². The first-order valence-electron chi connectivity index (χ1n) is 9.50. The molecule has 1 fully saturated rings. The molecule has 1 atom stereocenters. The van der Waals surface area contributed by atoms with Gasteiger partial charge in [0.1, 0.15) is 0 Å². The minimum Gasteiger partial charge on any atom is -0.350 e. The molecule has 3 N–H and O–H groups in total. The van der Waals surface area contributed by atoms with Gasteiger partial charge in [0.2, 0.25) is 0 Å². The number of fused-ring (bicyclic) bond motifs is 1. The summed E-state index contributed by atoms with van der Waals surface area (Å²) in [6, 6.07) is 10.2. The third kappa shape index (κ3) is 3.91.